The van der Waals surface area contributed by atoms with Crippen molar-refractivity contribution in [3.63, 3.8) is 0 Å². The van der Waals surface area contributed by atoms with E-state index in [4.69, 9.17) is 4.98 Å². The van der Waals surface area contributed by atoms with Gasteiger partial charge in [0, 0.05) is 39.1 Å². The van der Waals surface area contributed by atoms with Gasteiger partial charge < -0.3 is 9.80 Å². The van der Waals surface area contributed by atoms with Gasteiger partial charge in [-0.05, 0) is 33.2 Å². The van der Waals surface area contributed by atoms with Crippen LogP contribution in [-0.2, 0) is 4.79 Å². The third-order valence-corrected chi connectivity index (χ3v) is 6.07. The van der Waals surface area contributed by atoms with Gasteiger partial charge in [0.2, 0.25) is 5.91 Å². The van der Waals surface area contributed by atoms with Gasteiger partial charge in [0.05, 0.1) is 16.3 Å². The number of amides is 1. The highest BCUT2D eigenvalue weighted by Gasteiger charge is 2.21. The van der Waals surface area contributed by atoms with Crippen LogP contribution in [0.15, 0.2) is 24.3 Å². The van der Waals surface area contributed by atoms with Crippen LogP contribution in [0.25, 0.3) is 10.2 Å². The van der Waals surface area contributed by atoms with Crippen LogP contribution in [0, 0.1) is 0 Å². The van der Waals surface area contributed by atoms with Crippen LogP contribution in [-0.4, -0.2) is 72.4 Å². The molecule has 0 aliphatic carbocycles. The van der Waals surface area contributed by atoms with Gasteiger partial charge in [0.25, 0.3) is 0 Å². The van der Waals surface area contributed by atoms with E-state index in [-0.39, 0.29) is 11.9 Å². The first-order valence-corrected chi connectivity index (χ1v) is 9.38. The van der Waals surface area contributed by atoms with Crippen molar-refractivity contribution < 1.29 is 4.79 Å². The number of thiazole rings is 1. The number of nitrogens with zero attached hydrogens (tertiary/aromatic N) is 4. The topological polar surface area (TPSA) is 39.7 Å². The number of likely N-dealkylation sites (N-methyl/N-ethyl adjacent to an activating group) is 1. The molecule has 0 bridgehead atoms. The molecule has 0 spiro atoms. The predicted octanol–water partition coefficient (Wildman–Crippen LogP) is 2.45. The average molecular weight is 347 g/mol. The molecule has 1 aliphatic heterocycles. The van der Waals surface area contributed by atoms with Crippen molar-refractivity contribution in [1.29, 1.82) is 0 Å². The van der Waals surface area contributed by atoms with Gasteiger partial charge >= 0.3 is 0 Å². The fourth-order valence-electron chi connectivity index (χ4n) is 2.94. The summed E-state index contributed by atoms with van der Waals surface area (Å²) in [5.41, 5.74) is 1.06. The zero-order chi connectivity index (χ0) is 17.1. The minimum atomic E-state index is 0.225. The number of carbonyl (C=O) groups is 1. The smallest absolute Gasteiger partial charge is 0.223 e. The third kappa shape index (κ3) is 3.94. The molecule has 1 aromatic carbocycles. The number of fused-ring (bicyclic) bond motifs is 1. The molecule has 0 radical (unpaired) electrons. The summed E-state index contributed by atoms with van der Waals surface area (Å²) in [5.74, 6) is 0.270. The quantitative estimate of drug-likeness (QED) is 0.834. The van der Waals surface area contributed by atoms with E-state index in [1.54, 1.807) is 11.3 Å². The van der Waals surface area contributed by atoms with Gasteiger partial charge in [0.1, 0.15) is 5.01 Å². The van der Waals surface area contributed by atoms with E-state index in [9.17, 15) is 4.79 Å². The second kappa shape index (κ2) is 7.59. The molecule has 1 atom stereocenters. The van der Waals surface area contributed by atoms with Crippen molar-refractivity contribution in [2.45, 2.75) is 19.4 Å². The standard InChI is InChI=1S/C18H26N4OS/c1-14(18-19-15-6-4-5-7-16(15)24-18)21(3)9-8-17(23)22-12-10-20(2)11-13-22/h4-7,14H,8-13H2,1-3H3/t14-/m0/s1. The van der Waals surface area contributed by atoms with Crippen LogP contribution in [0.4, 0.5) is 0 Å². The third-order valence-electron chi connectivity index (χ3n) is 4.86. The molecule has 3 rings (SSSR count). The zero-order valence-corrected chi connectivity index (χ0v) is 15.6. The van der Waals surface area contributed by atoms with Gasteiger partial charge in [-0.2, -0.15) is 0 Å². The first-order valence-electron chi connectivity index (χ1n) is 8.56. The summed E-state index contributed by atoms with van der Waals surface area (Å²) in [5, 5.41) is 1.12. The lowest BCUT2D eigenvalue weighted by molar-refractivity contribution is -0.133. The number of carbonyl (C=O) groups excluding carboxylic acids is 1. The molecule has 2 heterocycles. The van der Waals surface area contributed by atoms with E-state index in [1.165, 1.54) is 4.70 Å². The summed E-state index contributed by atoms with van der Waals surface area (Å²) in [6, 6.07) is 8.46. The summed E-state index contributed by atoms with van der Waals surface area (Å²) in [4.78, 5) is 23.6. The SMILES string of the molecule is C[C@@H](c1nc2ccccc2s1)N(C)CCC(=O)N1CCN(C)CC1. The molecule has 0 unspecified atom stereocenters. The molecule has 0 saturated carbocycles. The van der Waals surface area contributed by atoms with Crippen molar-refractivity contribution in [3.05, 3.63) is 29.3 Å². The number of para-hydroxylation sites is 1. The Balaban J connectivity index is 1.54. The fourth-order valence-corrected chi connectivity index (χ4v) is 4.02. The van der Waals surface area contributed by atoms with Crippen LogP contribution in [0.1, 0.15) is 24.4 Å². The Kier molecular flexibility index (Phi) is 5.48. The Labute approximate surface area is 147 Å². The number of benzene rings is 1. The van der Waals surface area contributed by atoms with Gasteiger partial charge in [0.15, 0.2) is 0 Å². The minimum Gasteiger partial charge on any atom is -0.340 e. The lowest BCUT2D eigenvalue weighted by Crippen LogP contribution is -2.47. The fraction of sp³-hybridized carbons (Fsp3) is 0.556. The first-order chi connectivity index (χ1) is 11.5. The lowest BCUT2D eigenvalue weighted by atomic mass is 10.2. The molecule has 1 amide bonds. The zero-order valence-electron chi connectivity index (χ0n) is 14.7. The predicted molar refractivity (Wildman–Crippen MR) is 99.4 cm³/mol. The highest BCUT2D eigenvalue weighted by Crippen LogP contribution is 2.28. The van der Waals surface area contributed by atoms with E-state index in [2.05, 4.69) is 43.0 Å². The monoisotopic (exact) mass is 346 g/mol. The summed E-state index contributed by atoms with van der Waals surface area (Å²) < 4.78 is 1.22. The van der Waals surface area contributed by atoms with Crippen LogP contribution in [0.5, 0.6) is 0 Å². The van der Waals surface area contributed by atoms with Gasteiger partial charge in [-0.25, -0.2) is 4.98 Å². The van der Waals surface area contributed by atoms with Crippen molar-refractivity contribution in [3.8, 4) is 0 Å². The van der Waals surface area contributed by atoms with Crippen molar-refractivity contribution in [2.24, 2.45) is 0 Å². The summed E-state index contributed by atoms with van der Waals surface area (Å²) in [6.07, 6.45) is 0.579. The molecule has 24 heavy (non-hydrogen) atoms. The van der Waals surface area contributed by atoms with Crippen molar-refractivity contribution >= 4 is 27.5 Å². The molecule has 1 fully saturated rings. The Hall–Kier alpha value is -1.50. The van der Waals surface area contributed by atoms with Gasteiger partial charge in [-0.3, -0.25) is 9.69 Å². The second-order valence-electron chi connectivity index (χ2n) is 6.61. The Morgan fingerprint density at radius 3 is 2.71 bits per heavy atom. The molecule has 6 heteroatoms. The molecule has 0 N–H and O–H groups in total. The maximum Gasteiger partial charge on any atom is 0.223 e. The Morgan fingerprint density at radius 1 is 1.29 bits per heavy atom. The van der Waals surface area contributed by atoms with Gasteiger partial charge in [-0.1, -0.05) is 12.1 Å². The molecule has 2 aromatic rings. The Bertz CT molecular complexity index is 660. The largest absolute Gasteiger partial charge is 0.340 e. The molecule has 130 valence electrons. The van der Waals surface area contributed by atoms with Crippen molar-refractivity contribution in [2.75, 3.05) is 46.8 Å². The van der Waals surface area contributed by atoms with Gasteiger partial charge in [-0.15, -0.1) is 11.3 Å². The average Bonchev–Trinajstić information content (AvgIpc) is 3.03. The number of hydrogen-bond acceptors (Lipinski definition) is 5. The van der Waals surface area contributed by atoms with E-state index in [1.807, 2.05) is 17.0 Å². The van der Waals surface area contributed by atoms with Crippen molar-refractivity contribution in [1.82, 2.24) is 19.7 Å². The minimum absolute atomic E-state index is 0.225. The maximum atomic E-state index is 12.4. The van der Waals surface area contributed by atoms with Crippen LogP contribution >= 0.6 is 11.3 Å². The molecule has 1 aliphatic rings. The number of piperazine rings is 1. The van der Waals surface area contributed by atoms with Crippen LogP contribution in [0.2, 0.25) is 0 Å². The summed E-state index contributed by atoms with van der Waals surface area (Å²) >= 11 is 1.74. The number of aromatic nitrogens is 1. The summed E-state index contributed by atoms with van der Waals surface area (Å²) in [7, 11) is 4.18. The molecular weight excluding hydrogens is 320 g/mol. The Morgan fingerprint density at radius 2 is 2.00 bits per heavy atom. The maximum absolute atomic E-state index is 12.4. The normalized spacial score (nSPS) is 17.6. The van der Waals surface area contributed by atoms with E-state index in [0.717, 1.165) is 43.2 Å². The van der Waals surface area contributed by atoms with E-state index >= 15 is 0 Å². The summed E-state index contributed by atoms with van der Waals surface area (Å²) in [6.45, 7) is 6.59. The lowest BCUT2D eigenvalue weighted by Gasteiger charge is -2.33. The molecule has 1 saturated heterocycles. The van der Waals surface area contributed by atoms with Crippen LogP contribution in [0.3, 0.4) is 0 Å². The first kappa shape index (κ1) is 17.3. The van der Waals surface area contributed by atoms with E-state index < -0.39 is 0 Å². The van der Waals surface area contributed by atoms with Crippen LogP contribution < -0.4 is 0 Å². The van der Waals surface area contributed by atoms with E-state index in [0.29, 0.717) is 6.42 Å². The highest BCUT2D eigenvalue weighted by atomic mass is 32.1. The second-order valence-corrected chi connectivity index (χ2v) is 7.67. The highest BCUT2D eigenvalue weighted by molar-refractivity contribution is 7.18. The number of rotatable bonds is 5. The molecule has 1 aromatic heterocycles. The number of hydrogen-bond donors (Lipinski definition) is 0. The molecule has 5 nitrogen and oxygen atoms in total. The molecular formula is C18H26N4OS.